The Labute approximate surface area is 229 Å². The highest BCUT2D eigenvalue weighted by Gasteiger charge is 2.34. The van der Waals surface area contributed by atoms with Crippen molar-refractivity contribution in [2.24, 2.45) is 0 Å². The average molecular weight is 538 g/mol. The fraction of sp³-hybridized carbons (Fsp3) is 0.125. The molecular formula is C32H25F2N3O3. The lowest BCUT2D eigenvalue weighted by Gasteiger charge is -2.23. The zero-order valence-corrected chi connectivity index (χ0v) is 21.6. The predicted octanol–water partition coefficient (Wildman–Crippen LogP) is 6.80. The van der Waals surface area contributed by atoms with Crippen molar-refractivity contribution in [1.82, 2.24) is 5.32 Å². The number of para-hydroxylation sites is 1. The number of hydrogen-bond acceptors (Lipinski definition) is 4. The molecule has 6 rings (SSSR count). The molecule has 1 aromatic heterocycles. The van der Waals surface area contributed by atoms with E-state index in [1.165, 1.54) is 55.6 Å². The van der Waals surface area contributed by atoms with Crippen LogP contribution in [-0.4, -0.2) is 24.9 Å². The van der Waals surface area contributed by atoms with Gasteiger partial charge in [0.25, 0.3) is 11.8 Å². The number of hydrogen-bond donors (Lipinski definition) is 2. The standard InChI is InChI=1S/C32H25F2N3O3/c1-36-31(38)29-25-16-24(27(35)17-28(25)40-30(29)18-7-10-20(33)11-8-18)23-15-19(9-14-26(23)34)32(39)37(22-12-13-22)21-5-3-2-4-6-21/h2-11,14-17,22H,12-13,35H2,1H3,(H,36,38). The third-order valence-electron chi connectivity index (χ3n) is 7.09. The molecule has 5 aromatic rings. The van der Waals surface area contributed by atoms with E-state index < -0.39 is 17.5 Å². The summed E-state index contributed by atoms with van der Waals surface area (Å²) in [6.07, 6.45) is 1.80. The van der Waals surface area contributed by atoms with Gasteiger partial charge in [-0.2, -0.15) is 0 Å². The number of rotatable bonds is 6. The van der Waals surface area contributed by atoms with Crippen LogP contribution < -0.4 is 16.0 Å². The van der Waals surface area contributed by atoms with Crippen LogP contribution in [0.25, 0.3) is 33.4 Å². The molecule has 4 aromatic carbocycles. The van der Waals surface area contributed by atoms with Crippen molar-refractivity contribution in [2.75, 3.05) is 17.7 Å². The molecule has 0 atom stereocenters. The van der Waals surface area contributed by atoms with Gasteiger partial charge in [0, 0.05) is 58.2 Å². The molecule has 0 spiro atoms. The SMILES string of the molecule is CNC(=O)c1c(-c2ccc(F)cc2)oc2cc(N)c(-c3cc(C(=O)N(c4ccccc4)C4CC4)ccc3F)cc12. The highest BCUT2D eigenvalue weighted by Crippen LogP contribution is 2.40. The number of carbonyl (C=O) groups excluding carboxylic acids is 2. The Kier molecular flexibility index (Phi) is 6.30. The highest BCUT2D eigenvalue weighted by molar-refractivity contribution is 6.13. The van der Waals surface area contributed by atoms with E-state index >= 15 is 4.39 Å². The van der Waals surface area contributed by atoms with Gasteiger partial charge in [0.05, 0.1) is 5.56 Å². The van der Waals surface area contributed by atoms with Crippen LogP contribution in [0.3, 0.4) is 0 Å². The van der Waals surface area contributed by atoms with Gasteiger partial charge in [-0.05, 0) is 73.5 Å². The zero-order chi connectivity index (χ0) is 28.0. The summed E-state index contributed by atoms with van der Waals surface area (Å²) < 4.78 is 34.9. The van der Waals surface area contributed by atoms with E-state index in [4.69, 9.17) is 10.2 Å². The van der Waals surface area contributed by atoms with Gasteiger partial charge in [0.2, 0.25) is 0 Å². The van der Waals surface area contributed by atoms with Crippen LogP contribution in [-0.2, 0) is 0 Å². The van der Waals surface area contributed by atoms with Crippen molar-refractivity contribution >= 4 is 34.2 Å². The van der Waals surface area contributed by atoms with Crippen LogP contribution in [0, 0.1) is 11.6 Å². The van der Waals surface area contributed by atoms with E-state index in [1.54, 1.807) is 11.0 Å². The first-order chi connectivity index (χ1) is 19.4. The number of nitrogens with two attached hydrogens (primary N) is 1. The quantitative estimate of drug-likeness (QED) is 0.233. The molecule has 3 N–H and O–H groups in total. The summed E-state index contributed by atoms with van der Waals surface area (Å²) in [5.74, 6) is -1.42. The van der Waals surface area contributed by atoms with Gasteiger partial charge < -0.3 is 20.4 Å². The van der Waals surface area contributed by atoms with Gasteiger partial charge in [0.15, 0.2) is 0 Å². The molecule has 0 unspecified atom stereocenters. The Hall–Kier alpha value is -4.98. The lowest BCUT2D eigenvalue weighted by Crippen LogP contribution is -2.33. The molecule has 1 aliphatic carbocycles. The van der Waals surface area contributed by atoms with Crippen LogP contribution >= 0.6 is 0 Å². The summed E-state index contributed by atoms with van der Waals surface area (Å²) in [7, 11) is 1.49. The molecule has 1 saturated carbocycles. The maximum atomic E-state index is 15.3. The number of nitrogens with zero attached hydrogens (tertiary/aromatic N) is 1. The molecule has 1 heterocycles. The first-order valence-corrected chi connectivity index (χ1v) is 12.9. The van der Waals surface area contributed by atoms with Gasteiger partial charge in [-0.25, -0.2) is 8.78 Å². The maximum absolute atomic E-state index is 15.3. The minimum absolute atomic E-state index is 0.0933. The molecule has 6 nitrogen and oxygen atoms in total. The minimum atomic E-state index is -0.566. The number of furan rings is 1. The number of fused-ring (bicyclic) bond motifs is 1. The second-order valence-corrected chi connectivity index (χ2v) is 9.76. The summed E-state index contributed by atoms with van der Waals surface area (Å²) in [6, 6.07) is 22.4. The molecule has 0 saturated heterocycles. The topological polar surface area (TPSA) is 88.6 Å². The van der Waals surface area contributed by atoms with Crippen molar-refractivity contribution in [2.45, 2.75) is 18.9 Å². The van der Waals surface area contributed by atoms with E-state index in [0.717, 1.165) is 18.5 Å². The van der Waals surface area contributed by atoms with Gasteiger partial charge >= 0.3 is 0 Å². The molecule has 0 aliphatic heterocycles. The molecule has 0 radical (unpaired) electrons. The Bertz CT molecular complexity index is 1760. The molecular weight excluding hydrogens is 512 g/mol. The van der Waals surface area contributed by atoms with Crippen molar-refractivity contribution in [1.29, 1.82) is 0 Å². The number of halogens is 2. The number of benzene rings is 4. The molecule has 200 valence electrons. The normalized spacial score (nSPS) is 12.9. The van der Waals surface area contributed by atoms with Crippen molar-refractivity contribution < 1.29 is 22.8 Å². The first-order valence-electron chi connectivity index (χ1n) is 12.9. The average Bonchev–Trinajstić information content (AvgIpc) is 3.73. The van der Waals surface area contributed by atoms with Gasteiger partial charge in [-0.15, -0.1) is 0 Å². The lowest BCUT2D eigenvalue weighted by atomic mass is 9.96. The maximum Gasteiger partial charge on any atom is 0.258 e. The Morgan fingerprint density at radius 1 is 0.925 bits per heavy atom. The van der Waals surface area contributed by atoms with Crippen molar-refractivity contribution in [3.63, 3.8) is 0 Å². The second kappa shape index (κ2) is 9.96. The highest BCUT2D eigenvalue weighted by atomic mass is 19.1. The van der Waals surface area contributed by atoms with Crippen molar-refractivity contribution in [3.05, 3.63) is 108 Å². The first kappa shape index (κ1) is 25.3. The number of carbonyl (C=O) groups is 2. The fourth-order valence-corrected chi connectivity index (χ4v) is 4.97. The number of amides is 2. The summed E-state index contributed by atoms with van der Waals surface area (Å²) in [5, 5.41) is 3.01. The number of nitrogen functional groups attached to an aromatic ring is 1. The zero-order valence-electron chi connectivity index (χ0n) is 21.6. The number of anilines is 2. The van der Waals surface area contributed by atoms with E-state index in [2.05, 4.69) is 5.32 Å². The summed E-state index contributed by atoms with van der Waals surface area (Å²) in [4.78, 5) is 28.4. The lowest BCUT2D eigenvalue weighted by molar-refractivity contribution is 0.0962. The van der Waals surface area contributed by atoms with E-state index in [0.29, 0.717) is 27.7 Å². The minimum Gasteiger partial charge on any atom is -0.455 e. The third kappa shape index (κ3) is 4.47. The van der Waals surface area contributed by atoms with Crippen LogP contribution in [0.2, 0.25) is 0 Å². The van der Waals surface area contributed by atoms with Gasteiger partial charge in [0.1, 0.15) is 23.0 Å². The fourth-order valence-electron chi connectivity index (χ4n) is 4.97. The molecule has 2 amide bonds. The monoisotopic (exact) mass is 537 g/mol. The van der Waals surface area contributed by atoms with E-state index in [-0.39, 0.29) is 34.5 Å². The van der Waals surface area contributed by atoms with Crippen LogP contribution in [0.5, 0.6) is 0 Å². The Balaban J connectivity index is 1.48. The predicted molar refractivity (Wildman–Crippen MR) is 151 cm³/mol. The molecule has 0 bridgehead atoms. The molecule has 1 fully saturated rings. The van der Waals surface area contributed by atoms with Crippen LogP contribution in [0.4, 0.5) is 20.2 Å². The van der Waals surface area contributed by atoms with Crippen LogP contribution in [0.1, 0.15) is 33.6 Å². The van der Waals surface area contributed by atoms with Gasteiger partial charge in [-0.1, -0.05) is 18.2 Å². The summed E-state index contributed by atoms with van der Waals surface area (Å²) in [5.41, 5.74) is 9.15. The molecule has 8 heteroatoms. The second-order valence-electron chi connectivity index (χ2n) is 9.76. The smallest absolute Gasteiger partial charge is 0.258 e. The van der Waals surface area contributed by atoms with Crippen molar-refractivity contribution in [3.8, 4) is 22.5 Å². The Morgan fingerprint density at radius 2 is 1.65 bits per heavy atom. The molecule has 40 heavy (non-hydrogen) atoms. The van der Waals surface area contributed by atoms with E-state index in [1.807, 2.05) is 30.3 Å². The summed E-state index contributed by atoms with van der Waals surface area (Å²) in [6.45, 7) is 0. The third-order valence-corrected chi connectivity index (χ3v) is 7.09. The number of nitrogens with one attached hydrogen (secondary N) is 1. The summed E-state index contributed by atoms with van der Waals surface area (Å²) >= 11 is 0. The molecule has 1 aliphatic rings. The largest absolute Gasteiger partial charge is 0.455 e. The van der Waals surface area contributed by atoms with Crippen LogP contribution in [0.15, 0.2) is 89.3 Å². The van der Waals surface area contributed by atoms with E-state index in [9.17, 15) is 14.0 Å². The van der Waals surface area contributed by atoms with Gasteiger partial charge in [-0.3, -0.25) is 9.59 Å². The Morgan fingerprint density at radius 3 is 2.33 bits per heavy atom.